The summed E-state index contributed by atoms with van der Waals surface area (Å²) in [6, 6.07) is 0.0116. The highest BCUT2D eigenvalue weighted by Crippen LogP contribution is 2.19. The lowest BCUT2D eigenvalue weighted by Crippen LogP contribution is -2.47. The Morgan fingerprint density at radius 3 is 2.64 bits per heavy atom. The van der Waals surface area contributed by atoms with Crippen LogP contribution in [0.5, 0.6) is 0 Å². The van der Waals surface area contributed by atoms with E-state index in [9.17, 15) is 9.59 Å². The van der Waals surface area contributed by atoms with Gasteiger partial charge in [0.15, 0.2) is 0 Å². The molecule has 0 aliphatic carbocycles. The topological polar surface area (TPSA) is 76.7 Å². The minimum absolute atomic E-state index is 0.0116. The predicted octanol–water partition coefficient (Wildman–Crippen LogP) is 0.476. The lowest BCUT2D eigenvalue weighted by molar-refractivity contribution is -0.122. The van der Waals surface area contributed by atoms with E-state index in [1.807, 2.05) is 4.90 Å². The van der Waals surface area contributed by atoms with Gasteiger partial charge in [0.25, 0.3) is 0 Å². The number of nitrogens with zero attached hydrogens (tertiary/aromatic N) is 2. The molecule has 0 spiro atoms. The molecule has 2 aliphatic rings. The molecule has 2 fully saturated rings. The minimum Gasteiger partial charge on any atom is -0.355 e. The van der Waals surface area contributed by atoms with E-state index in [1.54, 1.807) is 0 Å². The normalized spacial score (nSPS) is 22.0. The molecule has 2 saturated heterocycles. The van der Waals surface area contributed by atoms with Gasteiger partial charge >= 0.3 is 6.03 Å². The second-order valence-electron chi connectivity index (χ2n) is 7.68. The molecule has 0 aromatic carbocycles. The Balaban J connectivity index is 1.63. The third-order valence-corrected chi connectivity index (χ3v) is 4.90. The highest BCUT2D eigenvalue weighted by Gasteiger charge is 2.25. The maximum absolute atomic E-state index is 12.2. The summed E-state index contributed by atoms with van der Waals surface area (Å²) in [7, 11) is 0. The molecule has 2 aliphatic heterocycles. The van der Waals surface area contributed by atoms with Gasteiger partial charge in [0.05, 0.1) is 0 Å². The summed E-state index contributed by atoms with van der Waals surface area (Å²) < 4.78 is 0. The van der Waals surface area contributed by atoms with Gasteiger partial charge in [-0.1, -0.05) is 13.8 Å². The van der Waals surface area contributed by atoms with Gasteiger partial charge in [-0.25, -0.2) is 4.79 Å². The van der Waals surface area contributed by atoms with Crippen molar-refractivity contribution in [2.75, 3.05) is 58.9 Å². The van der Waals surface area contributed by atoms with E-state index in [-0.39, 0.29) is 17.9 Å². The maximum atomic E-state index is 12.2. The summed E-state index contributed by atoms with van der Waals surface area (Å²) in [5.41, 5.74) is 0. The lowest BCUT2D eigenvalue weighted by atomic mass is 9.94. The van der Waals surface area contributed by atoms with Crippen molar-refractivity contribution in [1.29, 1.82) is 0 Å². The van der Waals surface area contributed by atoms with Crippen LogP contribution in [-0.4, -0.2) is 80.6 Å². The zero-order valence-corrected chi connectivity index (χ0v) is 15.9. The average molecular weight is 354 g/mol. The van der Waals surface area contributed by atoms with Gasteiger partial charge in [-0.2, -0.15) is 0 Å². The van der Waals surface area contributed by atoms with Crippen LogP contribution in [0.1, 0.15) is 33.1 Å². The van der Waals surface area contributed by atoms with Crippen LogP contribution in [-0.2, 0) is 4.79 Å². The molecule has 0 aromatic rings. The second-order valence-corrected chi connectivity index (χ2v) is 7.68. The van der Waals surface area contributed by atoms with E-state index in [0.717, 1.165) is 52.1 Å². The molecule has 0 bridgehead atoms. The van der Waals surface area contributed by atoms with E-state index in [1.165, 1.54) is 0 Å². The Morgan fingerprint density at radius 1 is 1.16 bits per heavy atom. The molecule has 3 amide bonds. The maximum Gasteiger partial charge on any atom is 0.317 e. The van der Waals surface area contributed by atoms with Gasteiger partial charge in [-0.15, -0.1) is 0 Å². The number of nitrogens with one attached hydrogen (secondary N) is 3. The van der Waals surface area contributed by atoms with Crippen molar-refractivity contribution in [3.05, 3.63) is 0 Å². The van der Waals surface area contributed by atoms with Crippen LogP contribution in [0, 0.1) is 11.8 Å². The molecule has 25 heavy (non-hydrogen) atoms. The number of rotatable bonds is 7. The standard InChI is InChI=1S/C18H35N5O2/c1-15(2)13-21-18(25)23-8-3-4-16(14-23)12-17(24)20-7-11-22-9-5-19-6-10-22/h15-16,19H,3-14H2,1-2H3,(H,20,24)(H,21,25). The molecule has 0 aromatic heterocycles. The first-order valence-electron chi connectivity index (χ1n) is 9.77. The third-order valence-electron chi connectivity index (χ3n) is 4.90. The fourth-order valence-electron chi connectivity index (χ4n) is 3.44. The summed E-state index contributed by atoms with van der Waals surface area (Å²) in [6.45, 7) is 12.2. The summed E-state index contributed by atoms with van der Waals surface area (Å²) in [5.74, 6) is 0.841. The Labute approximate surface area is 151 Å². The van der Waals surface area contributed by atoms with Crippen LogP contribution in [0.25, 0.3) is 0 Å². The van der Waals surface area contributed by atoms with Crippen molar-refractivity contribution in [3.8, 4) is 0 Å². The van der Waals surface area contributed by atoms with Gasteiger partial charge in [-0.05, 0) is 24.7 Å². The Kier molecular flexibility index (Phi) is 8.48. The lowest BCUT2D eigenvalue weighted by Gasteiger charge is -2.33. The SMILES string of the molecule is CC(C)CNC(=O)N1CCCC(CC(=O)NCCN2CCNCC2)C1. The smallest absolute Gasteiger partial charge is 0.317 e. The van der Waals surface area contributed by atoms with Gasteiger partial charge in [-0.3, -0.25) is 9.69 Å². The van der Waals surface area contributed by atoms with Crippen molar-refractivity contribution in [3.63, 3.8) is 0 Å². The number of likely N-dealkylation sites (tertiary alicyclic amines) is 1. The van der Waals surface area contributed by atoms with Crippen molar-refractivity contribution in [1.82, 2.24) is 25.8 Å². The first-order chi connectivity index (χ1) is 12.0. The van der Waals surface area contributed by atoms with Crippen molar-refractivity contribution in [2.45, 2.75) is 33.1 Å². The van der Waals surface area contributed by atoms with Gasteiger partial charge in [0.2, 0.25) is 5.91 Å². The molecule has 2 rings (SSSR count). The van der Waals surface area contributed by atoms with Crippen LogP contribution in [0.3, 0.4) is 0 Å². The van der Waals surface area contributed by atoms with E-state index in [0.29, 0.717) is 32.0 Å². The fraction of sp³-hybridized carbons (Fsp3) is 0.889. The molecule has 7 heteroatoms. The van der Waals surface area contributed by atoms with E-state index in [2.05, 4.69) is 34.7 Å². The number of urea groups is 1. The summed E-state index contributed by atoms with van der Waals surface area (Å²) in [4.78, 5) is 28.6. The Hall–Kier alpha value is -1.34. The zero-order valence-electron chi connectivity index (χ0n) is 15.9. The number of piperidine rings is 1. The fourth-order valence-corrected chi connectivity index (χ4v) is 3.44. The summed E-state index contributed by atoms with van der Waals surface area (Å²) >= 11 is 0. The highest BCUT2D eigenvalue weighted by atomic mass is 16.2. The highest BCUT2D eigenvalue weighted by molar-refractivity contribution is 5.77. The van der Waals surface area contributed by atoms with E-state index >= 15 is 0 Å². The Morgan fingerprint density at radius 2 is 1.92 bits per heavy atom. The average Bonchev–Trinajstić information content (AvgIpc) is 2.60. The number of carbonyl (C=O) groups excluding carboxylic acids is 2. The molecule has 1 atom stereocenters. The first-order valence-corrected chi connectivity index (χ1v) is 9.77. The number of carbonyl (C=O) groups is 2. The molecule has 0 radical (unpaired) electrons. The minimum atomic E-state index is 0.0116. The zero-order chi connectivity index (χ0) is 18.1. The van der Waals surface area contributed by atoms with Crippen LogP contribution >= 0.6 is 0 Å². The molecule has 7 nitrogen and oxygen atoms in total. The predicted molar refractivity (Wildman–Crippen MR) is 99.5 cm³/mol. The number of hydrogen-bond acceptors (Lipinski definition) is 4. The van der Waals surface area contributed by atoms with Crippen LogP contribution < -0.4 is 16.0 Å². The quantitative estimate of drug-likeness (QED) is 0.622. The molecule has 1 unspecified atom stereocenters. The van der Waals surface area contributed by atoms with Crippen molar-refractivity contribution in [2.24, 2.45) is 11.8 Å². The summed E-state index contributed by atoms with van der Waals surface area (Å²) in [5, 5.41) is 9.34. The number of piperazine rings is 1. The van der Waals surface area contributed by atoms with Crippen LogP contribution in [0.2, 0.25) is 0 Å². The first kappa shape index (κ1) is 20.0. The molecule has 144 valence electrons. The number of hydrogen-bond donors (Lipinski definition) is 3. The monoisotopic (exact) mass is 353 g/mol. The van der Waals surface area contributed by atoms with Crippen molar-refractivity contribution < 1.29 is 9.59 Å². The molecule has 2 heterocycles. The van der Waals surface area contributed by atoms with Gasteiger partial charge < -0.3 is 20.9 Å². The van der Waals surface area contributed by atoms with Crippen molar-refractivity contribution >= 4 is 11.9 Å². The van der Waals surface area contributed by atoms with Crippen LogP contribution in [0.15, 0.2) is 0 Å². The third kappa shape index (κ3) is 7.61. The summed E-state index contributed by atoms with van der Waals surface area (Å²) in [6.07, 6.45) is 2.53. The Bertz CT molecular complexity index is 424. The number of amides is 3. The molecular formula is C18H35N5O2. The molecular weight excluding hydrogens is 318 g/mol. The second kappa shape index (κ2) is 10.6. The van der Waals surface area contributed by atoms with Gasteiger partial charge in [0.1, 0.15) is 0 Å². The largest absolute Gasteiger partial charge is 0.355 e. The van der Waals surface area contributed by atoms with E-state index < -0.39 is 0 Å². The van der Waals surface area contributed by atoms with E-state index in [4.69, 9.17) is 0 Å². The molecule has 0 saturated carbocycles. The van der Waals surface area contributed by atoms with Gasteiger partial charge in [0, 0.05) is 65.3 Å². The molecule has 3 N–H and O–H groups in total. The van der Waals surface area contributed by atoms with Crippen LogP contribution in [0.4, 0.5) is 4.79 Å².